The average Bonchev–Trinajstić information content (AvgIpc) is 3.19. The fraction of sp³-hybridized carbons (Fsp3) is 0.755. The topological polar surface area (TPSA) is 108 Å². The van der Waals surface area contributed by atoms with Crippen LogP contribution in [0.1, 0.15) is 187 Å². The van der Waals surface area contributed by atoms with Crippen molar-refractivity contribution in [3.05, 3.63) is 60.8 Å². The van der Waals surface area contributed by atoms with Gasteiger partial charge >= 0.3 is 19.8 Å². The summed E-state index contributed by atoms with van der Waals surface area (Å²) in [7, 11) is 1.45. The molecule has 342 valence electrons. The Morgan fingerprint density at radius 2 is 0.915 bits per heavy atom. The summed E-state index contributed by atoms with van der Waals surface area (Å²) < 4.78 is 34.3. The normalized spacial score (nSPS) is 14.1. The lowest BCUT2D eigenvalue weighted by Crippen LogP contribution is -2.37. The molecule has 0 heterocycles. The van der Waals surface area contributed by atoms with E-state index in [9.17, 15) is 19.0 Å². The van der Waals surface area contributed by atoms with Crippen molar-refractivity contribution in [3.8, 4) is 0 Å². The number of phosphoric ester groups is 1. The third-order valence-electron chi connectivity index (χ3n) is 9.77. The van der Waals surface area contributed by atoms with Gasteiger partial charge in [-0.15, -0.1) is 0 Å². The number of esters is 2. The molecule has 0 spiro atoms. The van der Waals surface area contributed by atoms with Crippen LogP contribution in [0, 0.1) is 0 Å². The predicted molar refractivity (Wildman–Crippen MR) is 247 cm³/mol. The van der Waals surface area contributed by atoms with Gasteiger partial charge in [-0.25, -0.2) is 4.57 Å². The molecule has 9 nitrogen and oxygen atoms in total. The molecule has 0 aliphatic carbocycles. The molecule has 0 rings (SSSR count). The molecule has 0 fully saturated rings. The van der Waals surface area contributed by atoms with Crippen LogP contribution in [0.15, 0.2) is 60.8 Å². The summed E-state index contributed by atoms with van der Waals surface area (Å²) in [6, 6.07) is 0. The van der Waals surface area contributed by atoms with Crippen molar-refractivity contribution in [3.63, 3.8) is 0 Å². The number of carbonyl (C=O) groups excluding carboxylic acids is 2. The van der Waals surface area contributed by atoms with Gasteiger partial charge in [-0.05, 0) is 83.5 Å². The minimum absolute atomic E-state index is 0.0240. The van der Waals surface area contributed by atoms with Crippen molar-refractivity contribution in [1.82, 2.24) is 0 Å². The van der Waals surface area contributed by atoms with E-state index >= 15 is 0 Å². The Morgan fingerprint density at radius 1 is 0.525 bits per heavy atom. The van der Waals surface area contributed by atoms with Crippen LogP contribution in [0.3, 0.4) is 0 Å². The van der Waals surface area contributed by atoms with E-state index < -0.39 is 26.5 Å². The standard InChI is InChI=1S/C49H88NO8P/c1-6-8-10-12-14-16-18-20-22-24-25-26-28-30-32-34-36-38-40-42-49(52)58-47(46-57-59(53,54)56-44-43-50(3,4)5)45-55-48(51)41-39-37-35-33-31-29-27-23-21-19-17-15-13-11-9-7-2/h14,16-17,19-20,22-23,25-27,47H,6-13,15,18,21,24,28-46H2,1-5H3/p+1/b16-14-,19-17-,22-20-,26-25-,27-23-. The third-order valence-corrected chi connectivity index (χ3v) is 10.8. The molecule has 0 aromatic heterocycles. The molecule has 2 unspecified atom stereocenters. The Hall–Kier alpha value is -2.29. The molecule has 0 bridgehead atoms. The highest BCUT2D eigenvalue weighted by Gasteiger charge is 2.27. The molecule has 0 aliphatic heterocycles. The van der Waals surface area contributed by atoms with Crippen molar-refractivity contribution in [2.45, 2.75) is 193 Å². The number of nitrogens with zero attached hydrogens (tertiary/aromatic N) is 1. The number of allylic oxidation sites excluding steroid dienone is 10. The summed E-state index contributed by atoms with van der Waals surface area (Å²) in [6.45, 7) is 4.34. The molecule has 59 heavy (non-hydrogen) atoms. The summed E-state index contributed by atoms with van der Waals surface area (Å²) in [5.74, 6) is -0.831. The Labute approximate surface area is 362 Å². The molecule has 0 aliphatic rings. The summed E-state index contributed by atoms with van der Waals surface area (Å²) in [6.07, 6.45) is 49.7. The highest BCUT2D eigenvalue weighted by atomic mass is 31.2. The largest absolute Gasteiger partial charge is 0.472 e. The minimum atomic E-state index is -4.39. The first-order valence-electron chi connectivity index (χ1n) is 23.5. The van der Waals surface area contributed by atoms with Gasteiger partial charge in [-0.1, -0.05) is 152 Å². The van der Waals surface area contributed by atoms with E-state index in [-0.39, 0.29) is 32.0 Å². The van der Waals surface area contributed by atoms with Gasteiger partial charge in [-0.2, -0.15) is 0 Å². The first-order chi connectivity index (χ1) is 28.5. The zero-order valence-corrected chi connectivity index (χ0v) is 39.4. The van der Waals surface area contributed by atoms with Crippen LogP contribution < -0.4 is 0 Å². The Kier molecular flexibility index (Phi) is 39.5. The first-order valence-corrected chi connectivity index (χ1v) is 25.0. The predicted octanol–water partition coefficient (Wildman–Crippen LogP) is 13.6. The summed E-state index contributed by atoms with van der Waals surface area (Å²) in [4.78, 5) is 35.4. The van der Waals surface area contributed by atoms with Gasteiger partial charge in [0, 0.05) is 12.8 Å². The highest BCUT2D eigenvalue weighted by Crippen LogP contribution is 2.43. The van der Waals surface area contributed by atoms with Crippen LogP contribution in [-0.2, 0) is 32.7 Å². The van der Waals surface area contributed by atoms with E-state index in [2.05, 4.69) is 74.6 Å². The molecule has 0 saturated carbocycles. The van der Waals surface area contributed by atoms with Crippen molar-refractivity contribution in [2.24, 2.45) is 0 Å². The van der Waals surface area contributed by atoms with E-state index in [1.165, 1.54) is 57.8 Å². The Balaban J connectivity index is 4.38. The van der Waals surface area contributed by atoms with E-state index in [0.29, 0.717) is 17.4 Å². The highest BCUT2D eigenvalue weighted by molar-refractivity contribution is 7.47. The molecule has 0 aromatic rings. The van der Waals surface area contributed by atoms with Gasteiger partial charge in [0.05, 0.1) is 27.7 Å². The molecular weight excluding hydrogens is 762 g/mol. The van der Waals surface area contributed by atoms with Gasteiger partial charge in [0.1, 0.15) is 19.8 Å². The first kappa shape index (κ1) is 56.7. The van der Waals surface area contributed by atoms with Gasteiger partial charge in [0.15, 0.2) is 6.10 Å². The molecule has 2 atom stereocenters. The van der Waals surface area contributed by atoms with Gasteiger partial charge in [-0.3, -0.25) is 18.6 Å². The lowest BCUT2D eigenvalue weighted by Gasteiger charge is -2.24. The number of hydrogen-bond acceptors (Lipinski definition) is 7. The van der Waals surface area contributed by atoms with Crippen molar-refractivity contribution >= 4 is 19.8 Å². The number of ether oxygens (including phenoxy) is 2. The van der Waals surface area contributed by atoms with Gasteiger partial charge < -0.3 is 18.9 Å². The Morgan fingerprint density at radius 3 is 1.39 bits per heavy atom. The molecular formula is C49H89NO8P+. The van der Waals surface area contributed by atoms with Crippen LogP contribution in [-0.4, -0.2) is 74.9 Å². The molecule has 0 saturated heterocycles. The number of likely N-dealkylation sites (N-methyl/N-ethyl adjacent to an activating group) is 1. The maximum absolute atomic E-state index is 12.7. The maximum atomic E-state index is 12.7. The second kappa shape index (κ2) is 41.1. The van der Waals surface area contributed by atoms with E-state index in [4.69, 9.17) is 18.5 Å². The van der Waals surface area contributed by atoms with Gasteiger partial charge in [0.25, 0.3) is 0 Å². The molecule has 10 heteroatoms. The van der Waals surface area contributed by atoms with Crippen molar-refractivity contribution in [1.29, 1.82) is 0 Å². The van der Waals surface area contributed by atoms with Crippen LogP contribution in [0.5, 0.6) is 0 Å². The molecule has 1 N–H and O–H groups in total. The fourth-order valence-electron chi connectivity index (χ4n) is 6.05. The lowest BCUT2D eigenvalue weighted by atomic mass is 10.1. The second-order valence-corrected chi connectivity index (χ2v) is 18.2. The molecule has 0 amide bonds. The Bertz CT molecular complexity index is 1190. The van der Waals surface area contributed by atoms with Crippen LogP contribution in [0.25, 0.3) is 0 Å². The second-order valence-electron chi connectivity index (χ2n) is 16.8. The van der Waals surface area contributed by atoms with E-state index in [0.717, 1.165) is 96.3 Å². The van der Waals surface area contributed by atoms with E-state index in [1.54, 1.807) is 0 Å². The lowest BCUT2D eigenvalue weighted by molar-refractivity contribution is -0.870. The number of quaternary nitrogens is 1. The zero-order chi connectivity index (χ0) is 43.6. The number of hydrogen-bond donors (Lipinski definition) is 1. The van der Waals surface area contributed by atoms with Gasteiger partial charge in [0.2, 0.25) is 0 Å². The minimum Gasteiger partial charge on any atom is -0.462 e. The van der Waals surface area contributed by atoms with Crippen LogP contribution in [0.4, 0.5) is 0 Å². The zero-order valence-electron chi connectivity index (χ0n) is 38.5. The smallest absolute Gasteiger partial charge is 0.462 e. The monoisotopic (exact) mass is 851 g/mol. The third kappa shape index (κ3) is 45.1. The SMILES string of the molecule is CCCCC/C=C\C/C=C\C/C=C\CCCCCCCCC(=O)OC(COC(=O)CCCCCCC/C=C\C/C=C\CCCCCC)COP(=O)(O)OCC[N+](C)(C)C. The van der Waals surface area contributed by atoms with Crippen LogP contribution in [0.2, 0.25) is 0 Å². The summed E-state index contributed by atoms with van der Waals surface area (Å²) >= 11 is 0. The number of phosphoric acid groups is 1. The fourth-order valence-corrected chi connectivity index (χ4v) is 6.79. The van der Waals surface area contributed by atoms with E-state index in [1.807, 2.05) is 21.1 Å². The maximum Gasteiger partial charge on any atom is 0.472 e. The van der Waals surface area contributed by atoms with Crippen LogP contribution >= 0.6 is 7.82 Å². The number of unbranched alkanes of at least 4 members (excludes halogenated alkanes) is 18. The molecule has 0 radical (unpaired) electrons. The average molecular weight is 851 g/mol. The number of carbonyl (C=O) groups is 2. The summed E-state index contributed by atoms with van der Waals surface area (Å²) in [5.41, 5.74) is 0. The quantitative estimate of drug-likeness (QED) is 0.0213. The molecule has 0 aromatic carbocycles. The summed E-state index contributed by atoms with van der Waals surface area (Å²) in [5, 5.41) is 0. The number of rotatable bonds is 42. The van der Waals surface area contributed by atoms with Crippen molar-refractivity contribution < 1.29 is 42.1 Å². The van der Waals surface area contributed by atoms with Crippen molar-refractivity contribution in [2.75, 3.05) is 47.5 Å².